The normalized spacial score (nSPS) is 11.2. The number of carboxylic acids is 1. The Hall–Kier alpha value is -1.26. The van der Waals surface area contributed by atoms with Crippen LogP contribution in [0.1, 0.15) is 19.8 Å². The fourth-order valence-corrected chi connectivity index (χ4v) is 0.580. The van der Waals surface area contributed by atoms with E-state index in [-0.39, 0.29) is 12.5 Å². The van der Waals surface area contributed by atoms with Crippen LogP contribution in [0, 0.1) is 0 Å². The zero-order valence-corrected chi connectivity index (χ0v) is 7.21. The molecule has 0 spiro atoms. The second-order valence-corrected chi connectivity index (χ2v) is 2.37. The van der Waals surface area contributed by atoms with Crippen LogP contribution in [-0.4, -0.2) is 30.1 Å². The quantitative estimate of drug-likeness (QED) is 0.304. The summed E-state index contributed by atoms with van der Waals surface area (Å²) in [6.45, 7) is 2.52. The van der Waals surface area contributed by atoms with Crippen molar-refractivity contribution in [2.75, 3.05) is 13.1 Å². The van der Waals surface area contributed by atoms with Gasteiger partial charge in [-0.3, -0.25) is 9.79 Å². The van der Waals surface area contributed by atoms with Crippen LogP contribution in [0.25, 0.3) is 0 Å². The van der Waals surface area contributed by atoms with E-state index in [4.69, 9.17) is 10.8 Å². The first-order valence-electron chi connectivity index (χ1n) is 3.92. The molecule has 0 aliphatic rings. The molecule has 0 aromatic carbocycles. The first kappa shape index (κ1) is 10.7. The van der Waals surface area contributed by atoms with Gasteiger partial charge in [-0.15, -0.1) is 0 Å². The van der Waals surface area contributed by atoms with E-state index in [0.717, 1.165) is 12.8 Å². The van der Waals surface area contributed by atoms with E-state index in [1.54, 1.807) is 0 Å². The van der Waals surface area contributed by atoms with Crippen molar-refractivity contribution in [3.05, 3.63) is 0 Å². The van der Waals surface area contributed by atoms with Crippen LogP contribution in [0.3, 0.4) is 0 Å². The molecule has 0 saturated carbocycles. The number of nitrogens with two attached hydrogens (primary N) is 1. The zero-order valence-electron chi connectivity index (χ0n) is 7.21. The van der Waals surface area contributed by atoms with Crippen LogP contribution in [-0.2, 0) is 4.79 Å². The second kappa shape index (κ2) is 6.45. The van der Waals surface area contributed by atoms with Gasteiger partial charge in [0.05, 0.1) is 0 Å². The molecule has 0 rings (SSSR count). The maximum Gasteiger partial charge on any atom is 0.322 e. The molecule has 0 saturated heterocycles. The van der Waals surface area contributed by atoms with Crippen molar-refractivity contribution < 1.29 is 9.90 Å². The highest BCUT2D eigenvalue weighted by Gasteiger charge is 1.95. The van der Waals surface area contributed by atoms with Crippen LogP contribution < -0.4 is 11.1 Å². The van der Waals surface area contributed by atoms with Crippen LogP contribution in [0.4, 0.5) is 0 Å². The molecular weight excluding hydrogens is 158 g/mol. The molecule has 0 radical (unpaired) electrons. The molecule has 5 nitrogen and oxygen atoms in total. The Labute approximate surface area is 71.7 Å². The fourth-order valence-electron chi connectivity index (χ4n) is 0.580. The van der Waals surface area contributed by atoms with E-state index in [2.05, 4.69) is 17.2 Å². The topological polar surface area (TPSA) is 87.7 Å². The van der Waals surface area contributed by atoms with Gasteiger partial charge in [-0.25, -0.2) is 0 Å². The van der Waals surface area contributed by atoms with Gasteiger partial charge in [0.25, 0.3) is 0 Å². The summed E-state index contributed by atoms with van der Waals surface area (Å²) in [6, 6.07) is 0. The molecule has 12 heavy (non-hydrogen) atoms. The Morgan fingerprint density at radius 3 is 2.83 bits per heavy atom. The van der Waals surface area contributed by atoms with E-state index >= 15 is 0 Å². The largest absolute Gasteiger partial charge is 0.480 e. The Morgan fingerprint density at radius 1 is 1.67 bits per heavy atom. The summed E-state index contributed by atoms with van der Waals surface area (Å²) in [5.74, 6) is -0.741. The average Bonchev–Trinajstić information content (AvgIpc) is 2.01. The lowest BCUT2D eigenvalue weighted by atomic mass is 10.3. The number of guanidine groups is 1. The summed E-state index contributed by atoms with van der Waals surface area (Å²) in [7, 11) is 0. The van der Waals surface area contributed by atoms with Crippen molar-refractivity contribution in [1.29, 1.82) is 0 Å². The number of aliphatic carboxylic acids is 1. The van der Waals surface area contributed by atoms with Gasteiger partial charge in [-0.1, -0.05) is 13.3 Å². The Kier molecular flexibility index (Phi) is 5.77. The first-order valence-corrected chi connectivity index (χ1v) is 3.92. The van der Waals surface area contributed by atoms with Crippen molar-refractivity contribution in [1.82, 2.24) is 5.32 Å². The molecule has 0 heterocycles. The van der Waals surface area contributed by atoms with Gasteiger partial charge >= 0.3 is 5.97 Å². The molecule has 0 fully saturated rings. The van der Waals surface area contributed by atoms with E-state index in [1.807, 2.05) is 0 Å². The molecule has 0 aromatic rings. The number of carboxylic acid groups (broad SMARTS) is 1. The number of rotatable bonds is 5. The summed E-state index contributed by atoms with van der Waals surface area (Å²) in [5.41, 5.74) is 5.34. The average molecular weight is 173 g/mol. The number of hydrogen-bond donors (Lipinski definition) is 3. The minimum atomic E-state index is -0.941. The number of aliphatic imine (C=N–C) groups is 1. The molecule has 0 unspecified atom stereocenters. The van der Waals surface area contributed by atoms with E-state index < -0.39 is 5.97 Å². The molecule has 0 amide bonds. The summed E-state index contributed by atoms with van der Waals surface area (Å²) in [6.07, 6.45) is 2.02. The lowest BCUT2D eigenvalue weighted by Crippen LogP contribution is -2.35. The lowest BCUT2D eigenvalue weighted by molar-refractivity contribution is -0.135. The van der Waals surface area contributed by atoms with Gasteiger partial charge in [0.15, 0.2) is 5.96 Å². The minimum Gasteiger partial charge on any atom is -0.480 e. The predicted molar refractivity (Wildman–Crippen MR) is 47.0 cm³/mol. The predicted octanol–water partition coefficient (Wildman–Crippen LogP) is -0.225. The third-order valence-electron chi connectivity index (χ3n) is 1.21. The molecule has 0 bridgehead atoms. The summed E-state index contributed by atoms with van der Waals surface area (Å²) in [4.78, 5) is 14.0. The minimum absolute atomic E-state index is 0.179. The monoisotopic (exact) mass is 173 g/mol. The van der Waals surface area contributed by atoms with Gasteiger partial charge in [-0.2, -0.15) is 0 Å². The van der Waals surface area contributed by atoms with E-state index in [0.29, 0.717) is 6.54 Å². The number of nitrogens with zero attached hydrogens (tertiary/aromatic N) is 1. The number of nitrogens with one attached hydrogen (secondary N) is 1. The third-order valence-corrected chi connectivity index (χ3v) is 1.21. The van der Waals surface area contributed by atoms with E-state index in [1.165, 1.54) is 0 Å². The van der Waals surface area contributed by atoms with Crippen molar-refractivity contribution in [2.45, 2.75) is 19.8 Å². The van der Waals surface area contributed by atoms with Gasteiger partial charge < -0.3 is 16.2 Å². The zero-order chi connectivity index (χ0) is 9.40. The fraction of sp³-hybridized carbons (Fsp3) is 0.714. The summed E-state index contributed by atoms with van der Waals surface area (Å²) < 4.78 is 0. The maximum atomic E-state index is 10.1. The van der Waals surface area contributed by atoms with Crippen LogP contribution in [0.5, 0.6) is 0 Å². The number of carbonyl (C=O) groups is 1. The highest BCUT2D eigenvalue weighted by Crippen LogP contribution is 1.85. The van der Waals surface area contributed by atoms with Crippen LogP contribution in [0.15, 0.2) is 4.99 Å². The summed E-state index contributed by atoms with van der Waals surface area (Å²) in [5, 5.41) is 10.7. The molecule has 0 aromatic heterocycles. The molecule has 0 atom stereocenters. The Balaban J connectivity index is 3.48. The summed E-state index contributed by atoms with van der Waals surface area (Å²) >= 11 is 0. The Morgan fingerprint density at radius 2 is 2.33 bits per heavy atom. The third kappa shape index (κ3) is 6.85. The second-order valence-electron chi connectivity index (χ2n) is 2.37. The van der Waals surface area contributed by atoms with Gasteiger partial charge in [0.1, 0.15) is 6.54 Å². The van der Waals surface area contributed by atoms with E-state index in [9.17, 15) is 4.79 Å². The Bertz CT molecular complexity index is 168. The van der Waals surface area contributed by atoms with Crippen molar-refractivity contribution in [3.8, 4) is 0 Å². The molecule has 0 aliphatic carbocycles. The standard InChI is InChI=1S/C7H15N3O2/c1-2-3-4-9-7(8)10-5-6(11)12/h2-5H2,1H3,(H,11,12)(H3,8,9,10). The van der Waals surface area contributed by atoms with Gasteiger partial charge in [0, 0.05) is 6.54 Å². The number of unbranched alkanes of at least 4 members (excludes halogenated alkanes) is 1. The molecule has 5 heteroatoms. The van der Waals surface area contributed by atoms with Crippen LogP contribution >= 0.6 is 0 Å². The highest BCUT2D eigenvalue weighted by atomic mass is 16.4. The van der Waals surface area contributed by atoms with Gasteiger partial charge in [0.2, 0.25) is 0 Å². The lowest BCUT2D eigenvalue weighted by Gasteiger charge is -2.00. The smallest absolute Gasteiger partial charge is 0.322 e. The highest BCUT2D eigenvalue weighted by molar-refractivity contribution is 5.82. The molecule has 4 N–H and O–H groups in total. The van der Waals surface area contributed by atoms with Crippen molar-refractivity contribution in [3.63, 3.8) is 0 Å². The van der Waals surface area contributed by atoms with Gasteiger partial charge in [-0.05, 0) is 6.42 Å². The molecule has 70 valence electrons. The maximum absolute atomic E-state index is 10.1. The van der Waals surface area contributed by atoms with Crippen molar-refractivity contribution in [2.24, 2.45) is 10.7 Å². The first-order chi connectivity index (χ1) is 5.66. The number of hydrogen-bond acceptors (Lipinski definition) is 2. The van der Waals surface area contributed by atoms with Crippen molar-refractivity contribution >= 4 is 11.9 Å². The molecular formula is C7H15N3O2. The van der Waals surface area contributed by atoms with Crippen LogP contribution in [0.2, 0.25) is 0 Å². The molecule has 0 aliphatic heterocycles. The SMILES string of the molecule is CCCCN=C(N)NCC(=O)O.